The van der Waals surface area contributed by atoms with Crippen molar-refractivity contribution in [2.45, 2.75) is 13.3 Å². The molecular weight excluding hydrogens is 322 g/mol. The fourth-order valence-corrected chi connectivity index (χ4v) is 1.87. The highest BCUT2D eigenvalue weighted by molar-refractivity contribution is 5.84. The fraction of sp³-hybridized carbons (Fsp3) is 0.438. The summed E-state index contributed by atoms with van der Waals surface area (Å²) >= 11 is 0. The molecule has 2 heterocycles. The standard InChI is InChI=1S/C16H23N7O2/c1-4-17-16(20-11-14(24)23(2)3)19-10-8-13-21-15(25-22-13)12-7-5-6-9-18-12/h5-7,9H,4,8,10-11H2,1-3H3,(H2,17,19,20). The Hall–Kier alpha value is -2.97. The number of hydrogen-bond acceptors (Lipinski definition) is 6. The molecule has 0 bridgehead atoms. The van der Waals surface area contributed by atoms with Gasteiger partial charge in [-0.05, 0) is 19.1 Å². The van der Waals surface area contributed by atoms with Crippen molar-refractivity contribution in [2.75, 3.05) is 33.7 Å². The quantitative estimate of drug-likeness (QED) is 0.549. The molecular formula is C16H23N7O2. The second kappa shape index (κ2) is 9.36. The van der Waals surface area contributed by atoms with Crippen LogP contribution in [0.15, 0.2) is 33.9 Å². The molecule has 134 valence electrons. The second-order valence-electron chi connectivity index (χ2n) is 5.39. The van der Waals surface area contributed by atoms with Crippen molar-refractivity contribution in [1.29, 1.82) is 0 Å². The molecule has 9 nitrogen and oxygen atoms in total. The molecule has 0 aliphatic rings. The van der Waals surface area contributed by atoms with Crippen LogP contribution in [-0.2, 0) is 11.2 Å². The van der Waals surface area contributed by atoms with Gasteiger partial charge in [-0.15, -0.1) is 0 Å². The molecule has 0 aromatic carbocycles. The predicted octanol–water partition coefficient (Wildman–Crippen LogP) is 0.317. The molecule has 0 spiro atoms. The molecule has 0 fully saturated rings. The lowest BCUT2D eigenvalue weighted by atomic mass is 10.3. The van der Waals surface area contributed by atoms with Crippen molar-refractivity contribution < 1.29 is 9.32 Å². The molecule has 2 aromatic rings. The number of likely N-dealkylation sites (N-methyl/N-ethyl adjacent to an activating group) is 1. The maximum atomic E-state index is 11.6. The largest absolute Gasteiger partial charge is 0.357 e. The Balaban J connectivity index is 1.86. The minimum Gasteiger partial charge on any atom is -0.357 e. The Morgan fingerprint density at radius 3 is 2.84 bits per heavy atom. The van der Waals surface area contributed by atoms with Gasteiger partial charge >= 0.3 is 0 Å². The zero-order valence-electron chi connectivity index (χ0n) is 14.7. The van der Waals surface area contributed by atoms with Gasteiger partial charge in [0.05, 0.1) is 0 Å². The second-order valence-corrected chi connectivity index (χ2v) is 5.39. The zero-order valence-corrected chi connectivity index (χ0v) is 14.7. The number of carbonyl (C=O) groups excluding carboxylic acids is 1. The number of aromatic nitrogens is 3. The smallest absolute Gasteiger partial charge is 0.276 e. The Labute approximate surface area is 146 Å². The van der Waals surface area contributed by atoms with Gasteiger partial charge in [0.25, 0.3) is 5.89 Å². The first kappa shape index (κ1) is 18.4. The molecule has 2 aromatic heterocycles. The van der Waals surface area contributed by atoms with Crippen molar-refractivity contribution in [1.82, 2.24) is 30.7 Å². The first-order chi connectivity index (χ1) is 12.1. The third-order valence-corrected chi connectivity index (χ3v) is 3.21. The van der Waals surface area contributed by atoms with Crippen LogP contribution in [0.3, 0.4) is 0 Å². The lowest BCUT2D eigenvalue weighted by Crippen LogP contribution is -2.39. The van der Waals surface area contributed by atoms with E-state index in [4.69, 9.17) is 4.52 Å². The molecule has 0 saturated carbocycles. The average Bonchev–Trinajstić information content (AvgIpc) is 3.09. The van der Waals surface area contributed by atoms with Gasteiger partial charge in [0.15, 0.2) is 11.8 Å². The molecule has 25 heavy (non-hydrogen) atoms. The number of nitrogens with zero attached hydrogens (tertiary/aromatic N) is 5. The molecule has 0 saturated heterocycles. The van der Waals surface area contributed by atoms with Crippen LogP contribution >= 0.6 is 0 Å². The Bertz CT molecular complexity index is 698. The number of guanidine groups is 1. The Kier molecular flexibility index (Phi) is 6.87. The van der Waals surface area contributed by atoms with E-state index in [9.17, 15) is 4.79 Å². The molecule has 0 radical (unpaired) electrons. The predicted molar refractivity (Wildman–Crippen MR) is 93.9 cm³/mol. The van der Waals surface area contributed by atoms with Gasteiger partial charge in [-0.2, -0.15) is 4.98 Å². The van der Waals surface area contributed by atoms with E-state index in [2.05, 4.69) is 30.8 Å². The van der Waals surface area contributed by atoms with Crippen LogP contribution in [0.4, 0.5) is 0 Å². The summed E-state index contributed by atoms with van der Waals surface area (Å²) in [7, 11) is 3.40. The molecule has 0 atom stereocenters. The zero-order chi connectivity index (χ0) is 18.1. The molecule has 0 aliphatic carbocycles. The van der Waals surface area contributed by atoms with E-state index in [1.165, 1.54) is 4.90 Å². The number of carbonyl (C=O) groups is 1. The summed E-state index contributed by atoms with van der Waals surface area (Å²) in [6.07, 6.45) is 2.23. The average molecular weight is 345 g/mol. The van der Waals surface area contributed by atoms with Gasteiger partial charge in [-0.3, -0.25) is 9.78 Å². The van der Waals surface area contributed by atoms with E-state index < -0.39 is 0 Å². The molecule has 2 rings (SSSR count). The number of hydrogen-bond donors (Lipinski definition) is 2. The van der Waals surface area contributed by atoms with Crippen LogP contribution < -0.4 is 10.6 Å². The number of nitrogens with one attached hydrogen (secondary N) is 2. The van der Waals surface area contributed by atoms with E-state index >= 15 is 0 Å². The summed E-state index contributed by atoms with van der Waals surface area (Å²) in [5.74, 6) is 1.49. The number of amides is 1. The normalized spacial score (nSPS) is 11.2. The minimum atomic E-state index is -0.0598. The number of rotatable bonds is 7. The lowest BCUT2D eigenvalue weighted by Gasteiger charge is -2.12. The van der Waals surface area contributed by atoms with Gasteiger partial charge < -0.3 is 20.1 Å². The van der Waals surface area contributed by atoms with Crippen molar-refractivity contribution in [3.05, 3.63) is 30.2 Å². The van der Waals surface area contributed by atoms with Crippen molar-refractivity contribution >= 4 is 11.9 Å². The maximum Gasteiger partial charge on any atom is 0.276 e. The van der Waals surface area contributed by atoms with Gasteiger partial charge in [-0.25, -0.2) is 4.99 Å². The van der Waals surface area contributed by atoms with Crippen LogP contribution in [0.25, 0.3) is 11.6 Å². The van der Waals surface area contributed by atoms with E-state index in [1.807, 2.05) is 25.1 Å². The molecule has 1 amide bonds. The Morgan fingerprint density at radius 2 is 2.16 bits per heavy atom. The monoisotopic (exact) mass is 345 g/mol. The highest BCUT2D eigenvalue weighted by atomic mass is 16.5. The fourth-order valence-electron chi connectivity index (χ4n) is 1.87. The van der Waals surface area contributed by atoms with Crippen LogP contribution in [0.5, 0.6) is 0 Å². The summed E-state index contributed by atoms with van der Waals surface area (Å²) in [6.45, 7) is 3.31. The summed E-state index contributed by atoms with van der Waals surface area (Å²) < 4.78 is 5.21. The topological polar surface area (TPSA) is 109 Å². The van der Waals surface area contributed by atoms with Crippen molar-refractivity contribution in [3.8, 4) is 11.6 Å². The summed E-state index contributed by atoms with van der Waals surface area (Å²) in [4.78, 5) is 25.9. The Morgan fingerprint density at radius 1 is 1.32 bits per heavy atom. The summed E-state index contributed by atoms with van der Waals surface area (Å²) in [5, 5.41) is 10.2. The number of aliphatic imine (C=N–C) groups is 1. The van der Waals surface area contributed by atoms with E-state index in [0.29, 0.717) is 42.9 Å². The molecule has 9 heteroatoms. The van der Waals surface area contributed by atoms with Gasteiger partial charge in [0.1, 0.15) is 12.2 Å². The van der Waals surface area contributed by atoms with Gasteiger partial charge in [0, 0.05) is 39.8 Å². The van der Waals surface area contributed by atoms with E-state index in [0.717, 1.165) is 0 Å². The van der Waals surface area contributed by atoms with Crippen LogP contribution in [0, 0.1) is 0 Å². The SMILES string of the molecule is CCNC(=NCC(=O)N(C)C)NCCc1noc(-c2ccccn2)n1. The highest BCUT2D eigenvalue weighted by Crippen LogP contribution is 2.12. The summed E-state index contributed by atoms with van der Waals surface area (Å²) in [5.41, 5.74) is 0.645. The van der Waals surface area contributed by atoms with Gasteiger partial charge in [-0.1, -0.05) is 11.2 Å². The summed E-state index contributed by atoms with van der Waals surface area (Å²) in [6, 6.07) is 5.50. The number of pyridine rings is 1. The highest BCUT2D eigenvalue weighted by Gasteiger charge is 2.09. The van der Waals surface area contributed by atoms with Crippen LogP contribution in [0.1, 0.15) is 12.7 Å². The molecule has 0 aliphatic heterocycles. The first-order valence-electron chi connectivity index (χ1n) is 8.06. The van der Waals surface area contributed by atoms with E-state index in [1.54, 1.807) is 20.3 Å². The van der Waals surface area contributed by atoms with Gasteiger partial charge in [0.2, 0.25) is 5.91 Å². The van der Waals surface area contributed by atoms with Crippen molar-refractivity contribution in [3.63, 3.8) is 0 Å². The third kappa shape index (κ3) is 5.87. The van der Waals surface area contributed by atoms with Crippen LogP contribution in [-0.4, -0.2) is 65.6 Å². The van der Waals surface area contributed by atoms with Crippen LogP contribution in [0.2, 0.25) is 0 Å². The lowest BCUT2D eigenvalue weighted by molar-refractivity contribution is -0.127. The molecule has 2 N–H and O–H groups in total. The first-order valence-corrected chi connectivity index (χ1v) is 8.06. The minimum absolute atomic E-state index is 0.0598. The molecule has 0 unspecified atom stereocenters. The van der Waals surface area contributed by atoms with Crippen molar-refractivity contribution in [2.24, 2.45) is 4.99 Å². The third-order valence-electron chi connectivity index (χ3n) is 3.21. The maximum absolute atomic E-state index is 11.6. The van der Waals surface area contributed by atoms with E-state index in [-0.39, 0.29) is 12.5 Å².